The van der Waals surface area contributed by atoms with Gasteiger partial charge in [-0.1, -0.05) is 0 Å². The molecule has 0 saturated carbocycles. The average molecular weight is 254 g/mol. The van der Waals surface area contributed by atoms with Crippen LogP contribution in [0.1, 0.15) is 11.4 Å². The maximum atomic E-state index is 11.3. The van der Waals surface area contributed by atoms with E-state index in [1.807, 2.05) is 13.0 Å². The Morgan fingerprint density at radius 1 is 1.47 bits per heavy atom. The van der Waals surface area contributed by atoms with Gasteiger partial charge in [0.1, 0.15) is 5.82 Å². The molecule has 6 nitrogen and oxygen atoms in total. The Morgan fingerprint density at radius 2 is 2.24 bits per heavy atom. The molecule has 0 amide bonds. The molecule has 0 aliphatic carbocycles. The molecule has 0 spiro atoms. The zero-order chi connectivity index (χ0) is 12.5. The average Bonchev–Trinajstić information content (AvgIpc) is 2.68. The van der Waals surface area contributed by atoms with Crippen molar-refractivity contribution in [2.75, 3.05) is 12.8 Å². The maximum Gasteiger partial charge on any atom is 0.211 e. The van der Waals surface area contributed by atoms with E-state index in [0.29, 0.717) is 17.9 Å². The molecule has 2 heterocycles. The lowest BCUT2D eigenvalue weighted by atomic mass is 10.3. The number of aromatic nitrogens is 3. The van der Waals surface area contributed by atoms with Crippen LogP contribution in [0.2, 0.25) is 0 Å². The fourth-order valence-corrected chi connectivity index (χ4v) is 2.17. The molecule has 0 aromatic carbocycles. The summed E-state index contributed by atoms with van der Waals surface area (Å²) in [6.07, 6.45) is 2.08. The highest BCUT2D eigenvalue weighted by Crippen LogP contribution is 2.10. The van der Waals surface area contributed by atoms with Gasteiger partial charge < -0.3 is 4.98 Å². The molecule has 0 atom stereocenters. The lowest BCUT2D eigenvalue weighted by molar-refractivity contribution is 0.587. The van der Waals surface area contributed by atoms with Gasteiger partial charge in [-0.05, 0) is 25.6 Å². The number of sulfonamides is 1. The smallest absolute Gasteiger partial charge is 0.211 e. The third kappa shape index (κ3) is 2.80. The fraction of sp³-hybridized carbons (Fsp3) is 0.400. The monoisotopic (exact) mass is 254 g/mol. The number of rotatable bonds is 4. The molecule has 0 bridgehead atoms. The van der Waals surface area contributed by atoms with Crippen molar-refractivity contribution in [1.82, 2.24) is 19.7 Å². The van der Waals surface area contributed by atoms with Gasteiger partial charge in [0.25, 0.3) is 0 Å². The van der Waals surface area contributed by atoms with E-state index in [2.05, 4.69) is 19.7 Å². The number of nitrogens with zero attached hydrogens (tertiary/aromatic N) is 2. The first kappa shape index (κ1) is 12.0. The SMILES string of the molecule is CNS(=O)(=O)CCc1nc2ncc(C)cc2[nH]1. The van der Waals surface area contributed by atoms with E-state index in [4.69, 9.17) is 0 Å². The standard InChI is InChI=1S/C10H14N4O2S/c1-7-5-8-10(12-6-7)14-9(13-8)3-4-17(15,16)11-2/h5-6,11H,3-4H2,1-2H3,(H,12,13,14). The van der Waals surface area contributed by atoms with Crippen molar-refractivity contribution >= 4 is 21.2 Å². The summed E-state index contributed by atoms with van der Waals surface area (Å²) in [5.74, 6) is 0.652. The summed E-state index contributed by atoms with van der Waals surface area (Å²) in [4.78, 5) is 11.5. The summed E-state index contributed by atoms with van der Waals surface area (Å²) in [5, 5.41) is 0. The number of nitrogens with one attached hydrogen (secondary N) is 2. The highest BCUT2D eigenvalue weighted by Gasteiger charge is 2.10. The van der Waals surface area contributed by atoms with E-state index in [0.717, 1.165) is 11.1 Å². The first-order valence-electron chi connectivity index (χ1n) is 5.22. The highest BCUT2D eigenvalue weighted by molar-refractivity contribution is 7.89. The molecule has 0 aliphatic rings. The minimum absolute atomic E-state index is 0.0162. The van der Waals surface area contributed by atoms with Gasteiger partial charge in [-0.25, -0.2) is 23.1 Å². The van der Waals surface area contributed by atoms with E-state index in [9.17, 15) is 8.42 Å². The fourth-order valence-electron chi connectivity index (χ4n) is 1.51. The molecule has 17 heavy (non-hydrogen) atoms. The zero-order valence-electron chi connectivity index (χ0n) is 9.69. The highest BCUT2D eigenvalue weighted by atomic mass is 32.2. The largest absolute Gasteiger partial charge is 0.341 e. The van der Waals surface area contributed by atoms with Gasteiger partial charge in [0, 0.05) is 12.6 Å². The number of H-pyrrole nitrogens is 1. The Balaban J connectivity index is 2.20. The van der Waals surface area contributed by atoms with Crippen molar-refractivity contribution in [3.05, 3.63) is 23.7 Å². The number of pyridine rings is 1. The van der Waals surface area contributed by atoms with Crippen LogP contribution in [0.3, 0.4) is 0 Å². The van der Waals surface area contributed by atoms with Crippen LogP contribution < -0.4 is 4.72 Å². The van der Waals surface area contributed by atoms with Crippen LogP contribution >= 0.6 is 0 Å². The van der Waals surface area contributed by atoms with Crippen molar-refractivity contribution in [3.63, 3.8) is 0 Å². The molecular weight excluding hydrogens is 240 g/mol. The van der Waals surface area contributed by atoms with Crippen molar-refractivity contribution in [3.8, 4) is 0 Å². The topological polar surface area (TPSA) is 87.7 Å². The number of imidazole rings is 1. The second kappa shape index (κ2) is 4.42. The second-order valence-electron chi connectivity index (χ2n) is 3.84. The Kier molecular flexibility index (Phi) is 3.12. The van der Waals surface area contributed by atoms with Crippen LogP contribution in [0.15, 0.2) is 12.3 Å². The van der Waals surface area contributed by atoms with Crippen LogP contribution in [-0.2, 0) is 16.4 Å². The molecule has 0 saturated heterocycles. The Bertz CT molecular complexity index is 633. The molecular formula is C10H14N4O2S. The van der Waals surface area contributed by atoms with E-state index in [-0.39, 0.29) is 5.75 Å². The van der Waals surface area contributed by atoms with Crippen molar-refractivity contribution in [1.29, 1.82) is 0 Å². The van der Waals surface area contributed by atoms with Crippen LogP contribution in [0, 0.1) is 6.92 Å². The van der Waals surface area contributed by atoms with E-state index in [1.165, 1.54) is 7.05 Å². The van der Waals surface area contributed by atoms with Crippen LogP contribution in [0.4, 0.5) is 0 Å². The van der Waals surface area contributed by atoms with Crippen LogP contribution in [-0.4, -0.2) is 36.2 Å². The van der Waals surface area contributed by atoms with Gasteiger partial charge in [-0.2, -0.15) is 0 Å². The summed E-state index contributed by atoms with van der Waals surface area (Å²) in [7, 11) is -1.79. The molecule has 0 aliphatic heterocycles. The number of hydrogen-bond donors (Lipinski definition) is 2. The lowest BCUT2D eigenvalue weighted by Gasteiger charge is -1.98. The van der Waals surface area contributed by atoms with Crippen LogP contribution in [0.5, 0.6) is 0 Å². The maximum absolute atomic E-state index is 11.3. The zero-order valence-corrected chi connectivity index (χ0v) is 10.5. The third-order valence-electron chi connectivity index (χ3n) is 2.44. The van der Waals surface area contributed by atoms with Gasteiger partial charge >= 0.3 is 0 Å². The molecule has 0 unspecified atom stereocenters. The normalized spacial score (nSPS) is 12.1. The van der Waals surface area contributed by atoms with Crippen molar-refractivity contribution < 1.29 is 8.42 Å². The molecule has 0 radical (unpaired) electrons. The van der Waals surface area contributed by atoms with Crippen molar-refractivity contribution in [2.24, 2.45) is 0 Å². The minimum Gasteiger partial charge on any atom is -0.341 e. The molecule has 2 N–H and O–H groups in total. The van der Waals surface area contributed by atoms with Gasteiger partial charge in [-0.3, -0.25) is 0 Å². The molecule has 2 aromatic rings. The second-order valence-corrected chi connectivity index (χ2v) is 5.89. The van der Waals surface area contributed by atoms with Gasteiger partial charge in [0.05, 0.1) is 11.3 Å². The van der Waals surface area contributed by atoms with E-state index in [1.54, 1.807) is 6.20 Å². The number of hydrogen-bond acceptors (Lipinski definition) is 4. The summed E-state index contributed by atoms with van der Waals surface area (Å²) in [6.45, 7) is 1.94. The van der Waals surface area contributed by atoms with Gasteiger partial charge in [-0.15, -0.1) is 0 Å². The first-order chi connectivity index (χ1) is 8.00. The third-order valence-corrected chi connectivity index (χ3v) is 3.81. The molecule has 2 rings (SSSR count). The van der Waals surface area contributed by atoms with Crippen LogP contribution in [0.25, 0.3) is 11.2 Å². The predicted octanol–water partition coefficient (Wildman–Crippen LogP) is 0.358. The number of fused-ring (bicyclic) bond motifs is 1. The van der Waals surface area contributed by atoms with Crippen molar-refractivity contribution in [2.45, 2.75) is 13.3 Å². The molecule has 2 aromatic heterocycles. The Labute approximate surface area is 99.5 Å². The summed E-state index contributed by atoms with van der Waals surface area (Å²) < 4.78 is 24.8. The first-order valence-corrected chi connectivity index (χ1v) is 6.88. The molecule has 0 fully saturated rings. The summed E-state index contributed by atoms with van der Waals surface area (Å²) in [5.41, 5.74) is 2.49. The van der Waals surface area contributed by atoms with Gasteiger partial charge in [0.15, 0.2) is 5.65 Å². The van der Waals surface area contributed by atoms with E-state index >= 15 is 0 Å². The quantitative estimate of drug-likeness (QED) is 0.824. The molecule has 7 heteroatoms. The summed E-state index contributed by atoms with van der Waals surface area (Å²) >= 11 is 0. The predicted molar refractivity (Wildman–Crippen MR) is 65.2 cm³/mol. The Hall–Kier alpha value is -1.47. The number of aromatic amines is 1. The minimum atomic E-state index is -3.19. The molecule has 92 valence electrons. The van der Waals surface area contributed by atoms with E-state index < -0.39 is 10.0 Å². The number of aryl methyl sites for hydroxylation is 2. The Morgan fingerprint density at radius 3 is 2.94 bits per heavy atom. The van der Waals surface area contributed by atoms with Gasteiger partial charge in [0.2, 0.25) is 10.0 Å². The lowest BCUT2D eigenvalue weighted by Crippen LogP contribution is -2.23. The summed E-state index contributed by atoms with van der Waals surface area (Å²) in [6, 6.07) is 1.94.